The van der Waals surface area contributed by atoms with Crippen molar-refractivity contribution in [2.24, 2.45) is 23.5 Å². The lowest BCUT2D eigenvalue weighted by atomic mass is 9.88. The van der Waals surface area contributed by atoms with Gasteiger partial charge in [-0.15, -0.1) is 0 Å². The molecule has 20 heavy (non-hydrogen) atoms. The van der Waals surface area contributed by atoms with Gasteiger partial charge in [0.15, 0.2) is 0 Å². The lowest BCUT2D eigenvalue weighted by Gasteiger charge is -2.17. The number of hydrogen-bond donors (Lipinski definition) is 1. The van der Waals surface area contributed by atoms with Gasteiger partial charge in [-0.25, -0.2) is 0 Å². The zero-order valence-corrected chi connectivity index (χ0v) is 12.4. The maximum Gasteiger partial charge on any atom is 0.220 e. The van der Waals surface area contributed by atoms with E-state index < -0.39 is 0 Å². The van der Waals surface area contributed by atoms with Crippen molar-refractivity contribution in [2.75, 3.05) is 0 Å². The molecular formula is C17H23NO2. The Morgan fingerprint density at radius 2 is 2.15 bits per heavy atom. The van der Waals surface area contributed by atoms with Crippen LogP contribution in [-0.4, -0.2) is 12.0 Å². The van der Waals surface area contributed by atoms with Crippen LogP contribution in [0.4, 0.5) is 0 Å². The zero-order valence-electron chi connectivity index (χ0n) is 12.4. The SMILES string of the molecule is CC1Cc2c(cccc2C2CC2C(C)C(C)C(N)=O)O1. The minimum atomic E-state index is -0.182. The molecule has 1 heterocycles. The molecular weight excluding hydrogens is 250 g/mol. The largest absolute Gasteiger partial charge is 0.490 e. The summed E-state index contributed by atoms with van der Waals surface area (Å²) in [5, 5.41) is 0. The number of carbonyl (C=O) groups excluding carboxylic acids is 1. The fourth-order valence-corrected chi connectivity index (χ4v) is 3.59. The van der Waals surface area contributed by atoms with E-state index >= 15 is 0 Å². The van der Waals surface area contributed by atoms with E-state index in [1.807, 2.05) is 6.92 Å². The lowest BCUT2D eigenvalue weighted by Crippen LogP contribution is -2.27. The summed E-state index contributed by atoms with van der Waals surface area (Å²) in [5.74, 6) is 2.34. The molecule has 1 aliphatic carbocycles. The highest BCUT2D eigenvalue weighted by atomic mass is 16.5. The highest BCUT2D eigenvalue weighted by Crippen LogP contribution is 2.55. The van der Waals surface area contributed by atoms with Crippen molar-refractivity contribution in [1.29, 1.82) is 0 Å². The third-order valence-electron chi connectivity index (χ3n) is 5.14. The number of rotatable bonds is 4. The van der Waals surface area contributed by atoms with Crippen molar-refractivity contribution >= 4 is 5.91 Å². The van der Waals surface area contributed by atoms with Crippen molar-refractivity contribution in [1.82, 2.24) is 0 Å². The Hall–Kier alpha value is -1.51. The Labute approximate surface area is 120 Å². The van der Waals surface area contributed by atoms with E-state index in [2.05, 4.69) is 32.0 Å². The van der Waals surface area contributed by atoms with Crippen LogP contribution < -0.4 is 10.5 Å². The van der Waals surface area contributed by atoms with Crippen molar-refractivity contribution in [3.8, 4) is 5.75 Å². The van der Waals surface area contributed by atoms with Crippen LogP contribution in [0.5, 0.6) is 5.75 Å². The second-order valence-electron chi connectivity index (χ2n) is 6.51. The minimum absolute atomic E-state index is 0.0445. The fraction of sp³-hybridized carbons (Fsp3) is 0.588. The maximum atomic E-state index is 11.3. The van der Waals surface area contributed by atoms with Gasteiger partial charge in [-0.3, -0.25) is 4.79 Å². The minimum Gasteiger partial charge on any atom is -0.490 e. The summed E-state index contributed by atoms with van der Waals surface area (Å²) in [5.41, 5.74) is 8.25. The first-order chi connectivity index (χ1) is 9.49. The average molecular weight is 273 g/mol. The number of nitrogens with two attached hydrogens (primary N) is 1. The van der Waals surface area contributed by atoms with Crippen LogP contribution >= 0.6 is 0 Å². The van der Waals surface area contributed by atoms with Gasteiger partial charge in [0.1, 0.15) is 11.9 Å². The van der Waals surface area contributed by atoms with Crippen LogP contribution in [0.3, 0.4) is 0 Å². The molecule has 1 saturated carbocycles. The maximum absolute atomic E-state index is 11.3. The molecule has 1 fully saturated rings. The number of fused-ring (bicyclic) bond motifs is 1. The summed E-state index contributed by atoms with van der Waals surface area (Å²) in [7, 11) is 0. The Balaban J connectivity index is 1.78. The van der Waals surface area contributed by atoms with E-state index in [1.54, 1.807) is 0 Å². The van der Waals surface area contributed by atoms with Crippen molar-refractivity contribution in [2.45, 2.75) is 45.6 Å². The van der Waals surface area contributed by atoms with Crippen molar-refractivity contribution in [3.63, 3.8) is 0 Å². The predicted octanol–water partition coefficient (Wildman–Crippen LogP) is 2.87. The van der Waals surface area contributed by atoms with E-state index in [9.17, 15) is 4.79 Å². The topological polar surface area (TPSA) is 52.3 Å². The summed E-state index contributed by atoms with van der Waals surface area (Å²) < 4.78 is 5.83. The molecule has 3 nitrogen and oxygen atoms in total. The number of primary amides is 1. The van der Waals surface area contributed by atoms with Crippen LogP contribution in [0.2, 0.25) is 0 Å². The highest BCUT2D eigenvalue weighted by molar-refractivity contribution is 5.76. The third-order valence-corrected chi connectivity index (χ3v) is 5.14. The van der Waals surface area contributed by atoms with Crippen LogP contribution in [-0.2, 0) is 11.2 Å². The van der Waals surface area contributed by atoms with Crippen LogP contribution in [0, 0.1) is 17.8 Å². The number of carbonyl (C=O) groups is 1. The normalized spacial score (nSPS) is 30.2. The van der Waals surface area contributed by atoms with Crippen LogP contribution in [0.25, 0.3) is 0 Å². The molecule has 2 aliphatic rings. The Kier molecular flexibility index (Phi) is 3.23. The lowest BCUT2D eigenvalue weighted by molar-refractivity contribution is -0.122. The van der Waals surface area contributed by atoms with Crippen LogP contribution in [0.15, 0.2) is 18.2 Å². The third kappa shape index (κ3) is 2.19. The number of amides is 1. The molecule has 108 valence electrons. The number of benzene rings is 1. The molecule has 3 heteroatoms. The summed E-state index contributed by atoms with van der Waals surface area (Å²) in [6.45, 7) is 6.22. The van der Waals surface area contributed by atoms with Gasteiger partial charge in [0, 0.05) is 17.9 Å². The van der Waals surface area contributed by atoms with Crippen molar-refractivity contribution in [3.05, 3.63) is 29.3 Å². The summed E-state index contributed by atoms with van der Waals surface area (Å²) >= 11 is 0. The predicted molar refractivity (Wildman–Crippen MR) is 78.6 cm³/mol. The van der Waals surface area contributed by atoms with Crippen molar-refractivity contribution < 1.29 is 9.53 Å². The molecule has 1 aromatic rings. The molecule has 5 unspecified atom stereocenters. The Bertz CT molecular complexity index is 540. The average Bonchev–Trinajstić information content (AvgIpc) is 3.10. The molecule has 1 amide bonds. The van der Waals surface area contributed by atoms with E-state index in [0.29, 0.717) is 17.8 Å². The first-order valence-electron chi connectivity index (χ1n) is 7.56. The van der Waals surface area contributed by atoms with Crippen LogP contribution in [0.1, 0.15) is 44.2 Å². The monoisotopic (exact) mass is 273 g/mol. The molecule has 3 rings (SSSR count). The second-order valence-corrected chi connectivity index (χ2v) is 6.51. The molecule has 0 saturated heterocycles. The quantitative estimate of drug-likeness (QED) is 0.917. The van der Waals surface area contributed by atoms with Gasteiger partial charge in [0.2, 0.25) is 5.91 Å². The van der Waals surface area contributed by atoms with E-state index in [4.69, 9.17) is 10.5 Å². The smallest absolute Gasteiger partial charge is 0.220 e. The Morgan fingerprint density at radius 3 is 2.85 bits per heavy atom. The van der Waals surface area contributed by atoms with Gasteiger partial charge in [0.25, 0.3) is 0 Å². The standard InChI is InChI=1S/C17H23NO2/c1-9-7-15-12(5-4-6-16(15)20-9)14-8-13(14)10(2)11(3)17(18)19/h4-6,9-11,13-14H,7-8H2,1-3H3,(H2,18,19). The molecule has 1 aliphatic heterocycles. The van der Waals surface area contributed by atoms with Gasteiger partial charge in [-0.1, -0.05) is 26.0 Å². The summed E-state index contributed by atoms with van der Waals surface area (Å²) in [4.78, 5) is 11.3. The van der Waals surface area contributed by atoms with Gasteiger partial charge >= 0.3 is 0 Å². The molecule has 5 atom stereocenters. The molecule has 0 aromatic heterocycles. The van der Waals surface area contributed by atoms with Gasteiger partial charge in [0.05, 0.1) is 0 Å². The first kappa shape index (κ1) is 13.5. The Morgan fingerprint density at radius 1 is 1.40 bits per heavy atom. The molecule has 1 aromatic carbocycles. The molecule has 0 radical (unpaired) electrons. The number of ether oxygens (including phenoxy) is 1. The molecule has 0 bridgehead atoms. The molecule has 2 N–H and O–H groups in total. The van der Waals surface area contributed by atoms with E-state index in [-0.39, 0.29) is 17.9 Å². The summed E-state index contributed by atoms with van der Waals surface area (Å²) in [6, 6.07) is 6.38. The highest BCUT2D eigenvalue weighted by Gasteiger charge is 2.46. The first-order valence-corrected chi connectivity index (χ1v) is 7.56. The summed E-state index contributed by atoms with van der Waals surface area (Å²) in [6.07, 6.45) is 2.46. The fourth-order valence-electron chi connectivity index (χ4n) is 3.59. The zero-order chi connectivity index (χ0) is 14.4. The number of hydrogen-bond acceptors (Lipinski definition) is 2. The van der Waals surface area contributed by atoms with Gasteiger partial charge in [-0.05, 0) is 42.7 Å². The second kappa shape index (κ2) is 4.80. The molecule has 0 spiro atoms. The van der Waals surface area contributed by atoms with Gasteiger partial charge < -0.3 is 10.5 Å². The van der Waals surface area contributed by atoms with Gasteiger partial charge in [-0.2, -0.15) is 0 Å². The van der Waals surface area contributed by atoms with E-state index in [0.717, 1.165) is 12.2 Å². The van der Waals surface area contributed by atoms with E-state index in [1.165, 1.54) is 17.5 Å².